The summed E-state index contributed by atoms with van der Waals surface area (Å²) in [6, 6.07) is 0.277. The van der Waals surface area contributed by atoms with Crippen LogP contribution in [0.25, 0.3) is 0 Å². The van der Waals surface area contributed by atoms with Crippen LogP contribution in [0.5, 0.6) is 0 Å². The van der Waals surface area contributed by atoms with E-state index in [0.29, 0.717) is 25.6 Å². The second kappa shape index (κ2) is 7.20. The molecule has 2 atom stereocenters. The van der Waals surface area contributed by atoms with E-state index in [-0.39, 0.29) is 11.6 Å². The van der Waals surface area contributed by atoms with E-state index >= 15 is 0 Å². The number of hydrogen-bond donors (Lipinski definition) is 1. The maximum atomic E-state index is 11.6. The quantitative estimate of drug-likeness (QED) is 0.807. The van der Waals surface area contributed by atoms with Crippen LogP contribution in [0, 0.1) is 5.92 Å². The van der Waals surface area contributed by atoms with Gasteiger partial charge < -0.3 is 10.1 Å². The highest BCUT2D eigenvalue weighted by atomic mass is 32.2. The Morgan fingerprint density at radius 1 is 1.40 bits per heavy atom. The molecule has 0 spiro atoms. The molecule has 0 amide bonds. The average Bonchev–Trinajstić information content (AvgIpc) is 2.32. The lowest BCUT2D eigenvalue weighted by atomic mass is 9.92. The minimum Gasteiger partial charge on any atom is -0.374 e. The van der Waals surface area contributed by atoms with Crippen molar-refractivity contribution in [3.05, 3.63) is 0 Å². The molecule has 0 aromatic rings. The van der Waals surface area contributed by atoms with E-state index in [1.165, 1.54) is 6.26 Å². The highest BCUT2D eigenvalue weighted by Gasteiger charge is 2.27. The molecule has 1 N–H and O–H groups in total. The Balaban J connectivity index is 2.49. The van der Waals surface area contributed by atoms with E-state index in [9.17, 15) is 8.42 Å². The van der Waals surface area contributed by atoms with Crippen molar-refractivity contribution in [2.45, 2.75) is 51.7 Å². The lowest BCUT2D eigenvalue weighted by Gasteiger charge is -2.33. The van der Waals surface area contributed by atoms with Gasteiger partial charge in [0.25, 0.3) is 0 Å². The molecule has 0 aromatic heterocycles. The number of rotatable bonds is 6. The van der Waals surface area contributed by atoms with Crippen LogP contribution >= 0.6 is 0 Å². The van der Waals surface area contributed by atoms with Gasteiger partial charge in [-0.05, 0) is 53.0 Å². The van der Waals surface area contributed by atoms with E-state index in [1.54, 1.807) is 4.31 Å². The molecule has 0 aromatic carbocycles. The number of hydrogen-bond acceptors (Lipinski definition) is 4. The molecule has 6 heteroatoms. The molecule has 20 heavy (non-hydrogen) atoms. The first-order valence-electron chi connectivity index (χ1n) is 7.38. The fourth-order valence-corrected chi connectivity index (χ4v) is 3.49. The van der Waals surface area contributed by atoms with Gasteiger partial charge in [-0.25, -0.2) is 12.7 Å². The smallest absolute Gasteiger partial charge is 0.211 e. The van der Waals surface area contributed by atoms with Crippen molar-refractivity contribution in [2.75, 3.05) is 33.0 Å². The van der Waals surface area contributed by atoms with Gasteiger partial charge >= 0.3 is 0 Å². The summed E-state index contributed by atoms with van der Waals surface area (Å²) < 4.78 is 30.7. The van der Waals surface area contributed by atoms with Gasteiger partial charge in [0.05, 0.1) is 18.5 Å². The highest BCUT2D eigenvalue weighted by molar-refractivity contribution is 7.88. The van der Waals surface area contributed by atoms with E-state index in [2.05, 4.69) is 5.32 Å². The summed E-state index contributed by atoms with van der Waals surface area (Å²) in [7, 11) is -1.12. The Hall–Kier alpha value is -0.170. The average molecular weight is 306 g/mol. The zero-order valence-corrected chi connectivity index (χ0v) is 14.3. The maximum absolute atomic E-state index is 11.6. The molecule has 2 unspecified atom stereocenters. The largest absolute Gasteiger partial charge is 0.374 e. The minimum atomic E-state index is -3.06. The van der Waals surface area contributed by atoms with Crippen molar-refractivity contribution in [3.8, 4) is 0 Å². The van der Waals surface area contributed by atoms with Gasteiger partial charge in [-0.15, -0.1) is 0 Å². The number of ether oxygens (including phenoxy) is 1. The van der Waals surface area contributed by atoms with Gasteiger partial charge in [0.2, 0.25) is 10.0 Å². The summed E-state index contributed by atoms with van der Waals surface area (Å²) in [5.74, 6) is 0.416. The van der Waals surface area contributed by atoms with Crippen molar-refractivity contribution >= 4 is 10.0 Å². The molecule has 1 rings (SSSR count). The lowest BCUT2D eigenvalue weighted by molar-refractivity contribution is -0.0171. The number of nitrogens with zero attached hydrogens (tertiary/aromatic N) is 1. The van der Waals surface area contributed by atoms with E-state index in [1.807, 2.05) is 27.8 Å². The zero-order valence-electron chi connectivity index (χ0n) is 13.5. The Labute approximate surface area is 124 Å². The third-order valence-electron chi connectivity index (χ3n) is 3.69. The van der Waals surface area contributed by atoms with Gasteiger partial charge in [0, 0.05) is 19.1 Å². The van der Waals surface area contributed by atoms with E-state index < -0.39 is 10.0 Å². The molecule has 1 aliphatic rings. The fraction of sp³-hybridized carbons (Fsp3) is 1.00. The first-order chi connectivity index (χ1) is 9.12. The van der Waals surface area contributed by atoms with Crippen LogP contribution in [0.15, 0.2) is 0 Å². The standard InChI is InChI=1S/C14H30N2O3S/c1-14(2,3)19-11-13(15-4)9-12-7-6-8-16(10-12)20(5,17)18/h12-13,15H,6-11H2,1-5H3. The Kier molecular flexibility index (Phi) is 6.44. The van der Waals surface area contributed by atoms with Crippen LogP contribution < -0.4 is 5.32 Å². The van der Waals surface area contributed by atoms with Crippen molar-refractivity contribution in [3.63, 3.8) is 0 Å². The Morgan fingerprint density at radius 2 is 2.05 bits per heavy atom. The number of nitrogens with one attached hydrogen (secondary N) is 1. The van der Waals surface area contributed by atoms with Crippen LogP contribution in [0.1, 0.15) is 40.0 Å². The summed E-state index contributed by atoms with van der Waals surface area (Å²) in [4.78, 5) is 0. The number of sulfonamides is 1. The molecule has 5 nitrogen and oxygen atoms in total. The van der Waals surface area contributed by atoms with Gasteiger partial charge in [-0.2, -0.15) is 0 Å². The molecule has 0 aliphatic carbocycles. The first-order valence-corrected chi connectivity index (χ1v) is 9.23. The third-order valence-corrected chi connectivity index (χ3v) is 4.96. The van der Waals surface area contributed by atoms with Gasteiger partial charge in [-0.1, -0.05) is 0 Å². The summed E-state index contributed by atoms with van der Waals surface area (Å²) in [5.41, 5.74) is -0.138. The summed E-state index contributed by atoms with van der Waals surface area (Å²) >= 11 is 0. The highest BCUT2D eigenvalue weighted by Crippen LogP contribution is 2.23. The molecule has 1 heterocycles. The van der Waals surface area contributed by atoms with Crippen molar-refractivity contribution in [1.82, 2.24) is 9.62 Å². The fourth-order valence-electron chi connectivity index (χ4n) is 2.54. The van der Waals surface area contributed by atoms with Gasteiger partial charge in [-0.3, -0.25) is 0 Å². The molecule has 0 radical (unpaired) electrons. The predicted molar refractivity (Wildman–Crippen MR) is 82.3 cm³/mol. The normalized spacial score (nSPS) is 23.8. The first kappa shape index (κ1) is 17.9. The number of likely N-dealkylation sites (N-methyl/N-ethyl adjacent to an activating group) is 1. The summed E-state index contributed by atoms with van der Waals surface area (Å²) in [6.07, 6.45) is 4.31. The molecular weight excluding hydrogens is 276 g/mol. The Bertz CT molecular complexity index is 390. The lowest BCUT2D eigenvalue weighted by Crippen LogP contribution is -2.43. The van der Waals surface area contributed by atoms with Gasteiger partial charge in [0.15, 0.2) is 0 Å². The summed E-state index contributed by atoms with van der Waals surface area (Å²) in [5, 5.41) is 3.28. The minimum absolute atomic E-state index is 0.138. The van der Waals surface area contributed by atoms with Crippen LogP contribution in [0.2, 0.25) is 0 Å². The predicted octanol–water partition coefficient (Wildman–Crippen LogP) is 1.45. The molecule has 1 saturated heterocycles. The molecule has 1 fully saturated rings. The second-order valence-corrected chi connectivity index (χ2v) is 8.76. The molecule has 1 aliphatic heterocycles. The topological polar surface area (TPSA) is 58.6 Å². The van der Waals surface area contributed by atoms with Crippen LogP contribution in [-0.4, -0.2) is 57.4 Å². The maximum Gasteiger partial charge on any atom is 0.211 e. The SMILES string of the molecule is CNC(COC(C)(C)C)CC1CCCN(S(C)(=O)=O)C1. The van der Waals surface area contributed by atoms with E-state index in [4.69, 9.17) is 4.74 Å². The van der Waals surface area contributed by atoms with Crippen molar-refractivity contribution in [1.29, 1.82) is 0 Å². The second-order valence-electron chi connectivity index (χ2n) is 6.77. The van der Waals surface area contributed by atoms with Crippen molar-refractivity contribution < 1.29 is 13.2 Å². The van der Waals surface area contributed by atoms with Gasteiger partial charge in [0.1, 0.15) is 0 Å². The van der Waals surface area contributed by atoms with E-state index in [0.717, 1.165) is 19.3 Å². The zero-order chi connectivity index (χ0) is 15.4. The third kappa shape index (κ3) is 6.52. The molecular formula is C14H30N2O3S. The van der Waals surface area contributed by atoms with Crippen LogP contribution in [0.4, 0.5) is 0 Å². The van der Waals surface area contributed by atoms with Crippen LogP contribution in [-0.2, 0) is 14.8 Å². The monoisotopic (exact) mass is 306 g/mol. The molecule has 0 bridgehead atoms. The van der Waals surface area contributed by atoms with Crippen molar-refractivity contribution in [2.24, 2.45) is 5.92 Å². The number of piperidine rings is 1. The Morgan fingerprint density at radius 3 is 2.55 bits per heavy atom. The molecule has 0 saturated carbocycles. The summed E-state index contributed by atoms with van der Waals surface area (Å²) in [6.45, 7) is 8.11. The van der Waals surface area contributed by atoms with Crippen LogP contribution in [0.3, 0.4) is 0 Å². The molecule has 120 valence electrons.